The van der Waals surface area contributed by atoms with Crippen molar-refractivity contribution in [3.8, 4) is 0 Å². The summed E-state index contributed by atoms with van der Waals surface area (Å²) in [5, 5.41) is 10.3. The second kappa shape index (κ2) is 10.1. The maximum absolute atomic E-state index is 14.8. The molecule has 9 nitrogen and oxygen atoms in total. The fourth-order valence-corrected chi connectivity index (χ4v) is 3.60. The van der Waals surface area contributed by atoms with Crippen LogP contribution in [0.2, 0.25) is 0 Å². The minimum absolute atomic E-state index is 0.0744. The lowest BCUT2D eigenvalue weighted by Gasteiger charge is -2.24. The number of Topliss-reactive ketones (excluding diaryl/α,β-unsaturated/α-hetero) is 1. The Balaban J connectivity index is 1.64. The van der Waals surface area contributed by atoms with Crippen molar-refractivity contribution >= 4 is 40.8 Å². The number of carbonyl (C=O) groups excluding carboxylic acids is 3. The minimum Gasteiger partial charge on any atom is -0.444 e. The Kier molecular flexibility index (Phi) is 7.46. The Morgan fingerprint density at radius 3 is 2.80 bits per heavy atom. The van der Waals surface area contributed by atoms with Crippen LogP contribution >= 0.6 is 11.6 Å². The smallest absolute Gasteiger partial charge is 0.414 e. The van der Waals surface area contributed by atoms with Crippen molar-refractivity contribution in [3.63, 3.8) is 0 Å². The Bertz CT molecular complexity index is 811. The van der Waals surface area contributed by atoms with Gasteiger partial charge in [-0.3, -0.25) is 19.5 Å². The van der Waals surface area contributed by atoms with Gasteiger partial charge >= 0.3 is 6.09 Å². The van der Waals surface area contributed by atoms with Crippen LogP contribution in [0.3, 0.4) is 0 Å². The van der Waals surface area contributed by atoms with Crippen molar-refractivity contribution in [1.82, 2.24) is 10.4 Å². The highest BCUT2D eigenvalue weighted by Gasteiger charge is 2.33. The lowest BCUT2D eigenvalue weighted by atomic mass is 10.1. The molecular weight excluding hydrogens is 419 g/mol. The molecule has 0 radical (unpaired) electrons. The molecule has 2 heterocycles. The van der Waals surface area contributed by atoms with Gasteiger partial charge in [0.15, 0.2) is 0 Å². The molecule has 2 N–H and O–H groups in total. The van der Waals surface area contributed by atoms with E-state index in [1.54, 1.807) is 17.0 Å². The minimum atomic E-state index is -0.594. The van der Waals surface area contributed by atoms with Crippen molar-refractivity contribution in [2.24, 2.45) is 0 Å². The molecular formula is C19H24ClFN4O5. The van der Waals surface area contributed by atoms with Crippen LogP contribution in [-0.4, -0.2) is 79.2 Å². The lowest BCUT2D eigenvalue weighted by molar-refractivity contribution is -0.137. The summed E-state index contributed by atoms with van der Waals surface area (Å²) < 4.78 is 20.1. The number of rotatable bonds is 7. The summed E-state index contributed by atoms with van der Waals surface area (Å²) in [7, 11) is 0. The van der Waals surface area contributed by atoms with Gasteiger partial charge in [0.25, 0.3) is 5.91 Å². The van der Waals surface area contributed by atoms with E-state index in [1.165, 1.54) is 16.0 Å². The fourth-order valence-electron chi connectivity index (χ4n) is 3.46. The van der Waals surface area contributed by atoms with Gasteiger partial charge in [-0.1, -0.05) is 0 Å². The first-order valence-electron chi connectivity index (χ1n) is 9.68. The van der Waals surface area contributed by atoms with Crippen LogP contribution in [0.1, 0.15) is 12.8 Å². The first-order valence-corrected chi connectivity index (χ1v) is 10.2. The zero-order valence-corrected chi connectivity index (χ0v) is 17.1. The number of halogens is 2. The van der Waals surface area contributed by atoms with E-state index < -0.39 is 30.5 Å². The number of ketones is 1. The number of aliphatic hydroxyl groups excluding tert-OH is 1. The van der Waals surface area contributed by atoms with Crippen molar-refractivity contribution < 1.29 is 28.6 Å². The molecule has 0 unspecified atom stereocenters. The van der Waals surface area contributed by atoms with Crippen LogP contribution in [0.5, 0.6) is 0 Å². The third-order valence-electron chi connectivity index (χ3n) is 5.07. The first kappa shape index (κ1) is 22.3. The number of ether oxygens (including phenoxy) is 1. The van der Waals surface area contributed by atoms with E-state index in [0.717, 1.165) is 0 Å². The molecule has 2 amide bonds. The molecule has 2 aliphatic heterocycles. The summed E-state index contributed by atoms with van der Waals surface area (Å²) in [5.41, 5.74) is 3.63. The van der Waals surface area contributed by atoms with E-state index in [0.29, 0.717) is 44.0 Å². The Morgan fingerprint density at radius 1 is 1.30 bits per heavy atom. The zero-order chi connectivity index (χ0) is 21.7. The third-order valence-corrected chi connectivity index (χ3v) is 5.36. The van der Waals surface area contributed by atoms with E-state index >= 15 is 0 Å². The van der Waals surface area contributed by atoms with Gasteiger partial charge in [-0.25, -0.2) is 14.6 Å². The van der Waals surface area contributed by atoms with Gasteiger partial charge in [0.2, 0.25) is 0 Å². The standard InChI is InChI=1S/C19H24ClFN4O5/c20-10-14(27)2-3-15-11-24(19(29)30-15)13-1-4-17(16(21)9-13)23-6-5-22-25(8-7-23)18(28)12-26/h1,4,9,15,22,26H,2-3,5-8,10-12H2/t15-/m0/s1. The predicted molar refractivity (Wildman–Crippen MR) is 108 cm³/mol. The van der Waals surface area contributed by atoms with Crippen molar-refractivity contribution in [1.29, 1.82) is 0 Å². The van der Waals surface area contributed by atoms with E-state index in [2.05, 4.69) is 5.43 Å². The van der Waals surface area contributed by atoms with Crippen LogP contribution in [0.25, 0.3) is 0 Å². The van der Waals surface area contributed by atoms with Crippen LogP contribution in [0, 0.1) is 5.82 Å². The van der Waals surface area contributed by atoms with Gasteiger partial charge in [-0.05, 0) is 24.6 Å². The summed E-state index contributed by atoms with van der Waals surface area (Å²) in [6.07, 6.45) is -0.429. The summed E-state index contributed by atoms with van der Waals surface area (Å²) in [6.45, 7) is 1.20. The molecule has 30 heavy (non-hydrogen) atoms. The molecule has 0 bridgehead atoms. The Hall–Kier alpha value is -2.43. The predicted octanol–water partition coefficient (Wildman–Crippen LogP) is 0.884. The summed E-state index contributed by atoms with van der Waals surface area (Å²) in [4.78, 5) is 38.3. The molecule has 11 heteroatoms. The summed E-state index contributed by atoms with van der Waals surface area (Å²) in [6, 6.07) is 4.50. The highest BCUT2D eigenvalue weighted by molar-refractivity contribution is 6.27. The van der Waals surface area contributed by atoms with E-state index in [9.17, 15) is 18.8 Å². The molecule has 0 saturated carbocycles. The second-order valence-corrected chi connectivity index (χ2v) is 7.33. The number of hydrogen-bond donors (Lipinski definition) is 2. The Morgan fingerprint density at radius 2 is 2.10 bits per heavy atom. The number of hydrazine groups is 1. The number of carbonyl (C=O) groups is 3. The normalized spacial score (nSPS) is 19.6. The Labute approximate surface area is 178 Å². The quantitative estimate of drug-likeness (QED) is 0.604. The number of nitrogens with zero attached hydrogens (tertiary/aromatic N) is 3. The molecule has 2 fully saturated rings. The summed E-state index contributed by atoms with van der Waals surface area (Å²) >= 11 is 5.48. The molecule has 1 aromatic carbocycles. The highest BCUT2D eigenvalue weighted by atomic mass is 35.5. The van der Waals surface area contributed by atoms with Gasteiger partial charge in [-0.15, -0.1) is 11.6 Å². The zero-order valence-electron chi connectivity index (χ0n) is 16.4. The second-order valence-electron chi connectivity index (χ2n) is 7.06. The van der Waals surface area contributed by atoms with Crippen LogP contribution in [-0.2, 0) is 14.3 Å². The van der Waals surface area contributed by atoms with E-state index in [4.69, 9.17) is 21.4 Å². The van der Waals surface area contributed by atoms with Crippen LogP contribution in [0.4, 0.5) is 20.6 Å². The maximum Gasteiger partial charge on any atom is 0.414 e. The monoisotopic (exact) mass is 442 g/mol. The topological polar surface area (TPSA) is 102 Å². The largest absolute Gasteiger partial charge is 0.444 e. The lowest BCUT2D eigenvalue weighted by Crippen LogP contribution is -2.45. The maximum atomic E-state index is 14.8. The number of alkyl halides is 1. The molecule has 2 saturated heterocycles. The SMILES string of the molecule is O=C(CCl)CC[C@H]1CN(c2ccc(N3CCNN(C(=O)CO)CC3)c(F)c2)C(=O)O1. The molecule has 0 aromatic heterocycles. The number of aliphatic hydroxyl groups is 1. The van der Waals surface area contributed by atoms with Crippen molar-refractivity contribution in [3.05, 3.63) is 24.0 Å². The molecule has 3 rings (SSSR count). The highest BCUT2D eigenvalue weighted by Crippen LogP contribution is 2.29. The van der Waals surface area contributed by atoms with Gasteiger partial charge in [0, 0.05) is 26.1 Å². The molecule has 2 aliphatic rings. The van der Waals surface area contributed by atoms with Gasteiger partial charge in [-0.2, -0.15) is 0 Å². The number of cyclic esters (lactones) is 1. The van der Waals surface area contributed by atoms with Gasteiger partial charge in [0.1, 0.15) is 24.3 Å². The number of hydrogen-bond acceptors (Lipinski definition) is 7. The third kappa shape index (κ3) is 5.18. The summed E-state index contributed by atoms with van der Waals surface area (Å²) in [5.74, 6) is -1.13. The molecule has 1 atom stereocenters. The molecule has 1 aromatic rings. The number of nitrogens with one attached hydrogen (secondary N) is 1. The average Bonchev–Trinajstić information content (AvgIpc) is 2.96. The van der Waals surface area contributed by atoms with Crippen LogP contribution < -0.4 is 15.2 Å². The molecule has 0 spiro atoms. The van der Waals surface area contributed by atoms with Gasteiger partial charge in [0.05, 0.1) is 30.3 Å². The van der Waals surface area contributed by atoms with Gasteiger partial charge < -0.3 is 14.7 Å². The number of benzene rings is 1. The number of anilines is 2. The fraction of sp³-hybridized carbons (Fsp3) is 0.526. The number of amides is 2. The molecule has 0 aliphatic carbocycles. The van der Waals surface area contributed by atoms with E-state index in [1.807, 2.05) is 0 Å². The van der Waals surface area contributed by atoms with E-state index in [-0.39, 0.29) is 24.6 Å². The van der Waals surface area contributed by atoms with Crippen LogP contribution in [0.15, 0.2) is 18.2 Å². The molecule has 164 valence electrons. The average molecular weight is 443 g/mol. The van der Waals surface area contributed by atoms with Crippen molar-refractivity contribution in [2.75, 3.05) is 55.0 Å². The first-order chi connectivity index (χ1) is 14.4. The van der Waals surface area contributed by atoms with Crippen molar-refractivity contribution in [2.45, 2.75) is 18.9 Å².